The first-order chi connectivity index (χ1) is 12.2. The van der Waals surface area contributed by atoms with Crippen LogP contribution in [0.1, 0.15) is 36.8 Å². The third-order valence-electron chi connectivity index (χ3n) is 5.33. The normalized spacial score (nSPS) is 22.2. The number of amides is 1. The van der Waals surface area contributed by atoms with Crippen LogP contribution in [0, 0.1) is 0 Å². The second kappa shape index (κ2) is 9.32. The number of carbonyl (C=O) groups excluding carboxylic acids is 1. The van der Waals surface area contributed by atoms with Crippen LogP contribution in [-0.4, -0.2) is 61.6 Å². The molecule has 2 saturated heterocycles. The highest BCUT2D eigenvalue weighted by molar-refractivity contribution is 5.78. The molecule has 1 atom stereocenters. The first-order valence-electron chi connectivity index (χ1n) is 9.54. The highest BCUT2D eigenvalue weighted by Gasteiger charge is 2.27. The maximum atomic E-state index is 12.3. The van der Waals surface area contributed by atoms with Crippen molar-refractivity contribution in [3.05, 3.63) is 35.4 Å². The summed E-state index contributed by atoms with van der Waals surface area (Å²) in [6, 6.07) is 8.86. The number of methoxy groups -OCH3 is 1. The topological polar surface area (TPSA) is 44.8 Å². The van der Waals surface area contributed by atoms with Gasteiger partial charge in [0.2, 0.25) is 5.91 Å². The minimum Gasteiger partial charge on any atom is -0.380 e. The molecule has 0 bridgehead atoms. The summed E-state index contributed by atoms with van der Waals surface area (Å²) in [4.78, 5) is 17.2. The Morgan fingerprint density at radius 1 is 1.12 bits per heavy atom. The number of rotatable bonds is 7. The second-order valence-electron chi connectivity index (χ2n) is 7.30. The van der Waals surface area contributed by atoms with Crippen LogP contribution in [0.3, 0.4) is 0 Å². The highest BCUT2D eigenvalue weighted by atomic mass is 16.5. The number of hydrogen-bond acceptors (Lipinski definition) is 4. The third-order valence-corrected chi connectivity index (χ3v) is 5.33. The Bertz CT molecular complexity index is 540. The second-order valence-corrected chi connectivity index (χ2v) is 7.30. The van der Waals surface area contributed by atoms with E-state index in [1.165, 1.54) is 38.8 Å². The van der Waals surface area contributed by atoms with E-state index in [0.717, 1.165) is 24.2 Å². The van der Waals surface area contributed by atoms with Gasteiger partial charge in [0.1, 0.15) is 0 Å². The molecule has 0 saturated carbocycles. The first-order valence-corrected chi connectivity index (χ1v) is 9.54. The lowest BCUT2D eigenvalue weighted by Gasteiger charge is -2.37. The lowest BCUT2D eigenvalue weighted by molar-refractivity contribution is -0.122. The first kappa shape index (κ1) is 18.4. The SMILES string of the molecule is COCc1ccc(CNC(=O)CN2CCCC(N3CCCC3)C2)cc1. The summed E-state index contributed by atoms with van der Waals surface area (Å²) >= 11 is 0. The summed E-state index contributed by atoms with van der Waals surface area (Å²) in [6.07, 6.45) is 5.15. The number of nitrogens with zero attached hydrogens (tertiary/aromatic N) is 2. The predicted octanol–water partition coefficient (Wildman–Crippen LogP) is 2.01. The molecule has 0 aliphatic carbocycles. The van der Waals surface area contributed by atoms with Crippen LogP contribution in [0.25, 0.3) is 0 Å². The van der Waals surface area contributed by atoms with Gasteiger partial charge in [-0.05, 0) is 56.4 Å². The van der Waals surface area contributed by atoms with E-state index in [9.17, 15) is 4.79 Å². The number of ether oxygens (including phenoxy) is 1. The molecule has 1 aromatic rings. The average Bonchev–Trinajstić information content (AvgIpc) is 3.16. The van der Waals surface area contributed by atoms with Crippen LogP contribution in [0.5, 0.6) is 0 Å². The molecule has 3 rings (SSSR count). The van der Waals surface area contributed by atoms with Crippen molar-refractivity contribution in [1.82, 2.24) is 15.1 Å². The maximum absolute atomic E-state index is 12.3. The van der Waals surface area contributed by atoms with Crippen LogP contribution >= 0.6 is 0 Å². The van der Waals surface area contributed by atoms with E-state index >= 15 is 0 Å². The molecule has 138 valence electrons. The molecule has 1 amide bonds. The van der Waals surface area contributed by atoms with Gasteiger partial charge in [-0.25, -0.2) is 0 Å². The van der Waals surface area contributed by atoms with E-state index in [1.807, 2.05) is 0 Å². The Labute approximate surface area is 151 Å². The summed E-state index contributed by atoms with van der Waals surface area (Å²) in [5, 5.41) is 3.06. The van der Waals surface area contributed by atoms with Gasteiger partial charge >= 0.3 is 0 Å². The number of likely N-dealkylation sites (tertiary alicyclic amines) is 2. The Hall–Kier alpha value is -1.43. The average molecular weight is 345 g/mol. The smallest absolute Gasteiger partial charge is 0.234 e. The molecule has 2 heterocycles. The zero-order chi connectivity index (χ0) is 17.5. The van der Waals surface area contributed by atoms with Crippen LogP contribution in [0.2, 0.25) is 0 Å². The van der Waals surface area contributed by atoms with E-state index in [4.69, 9.17) is 4.74 Å². The molecular weight excluding hydrogens is 314 g/mol. The molecule has 1 aromatic carbocycles. The standard InChI is InChI=1S/C20H31N3O2/c1-25-16-18-8-6-17(7-9-18)13-21-20(24)15-22-10-4-5-19(14-22)23-11-2-3-12-23/h6-9,19H,2-5,10-16H2,1H3,(H,21,24). The summed E-state index contributed by atoms with van der Waals surface area (Å²) < 4.78 is 5.12. The fourth-order valence-electron chi connectivity index (χ4n) is 3.96. The Balaban J connectivity index is 1.41. The van der Waals surface area contributed by atoms with Crippen molar-refractivity contribution < 1.29 is 9.53 Å². The van der Waals surface area contributed by atoms with Crippen molar-refractivity contribution >= 4 is 5.91 Å². The lowest BCUT2D eigenvalue weighted by Crippen LogP contribution is -2.49. The van der Waals surface area contributed by atoms with Gasteiger partial charge in [-0.2, -0.15) is 0 Å². The van der Waals surface area contributed by atoms with E-state index in [0.29, 0.717) is 25.7 Å². The zero-order valence-corrected chi connectivity index (χ0v) is 15.4. The molecule has 1 unspecified atom stereocenters. The summed E-state index contributed by atoms with van der Waals surface area (Å²) in [7, 11) is 1.70. The van der Waals surface area contributed by atoms with E-state index < -0.39 is 0 Å². The molecule has 1 N–H and O–H groups in total. The number of piperidine rings is 1. The zero-order valence-electron chi connectivity index (χ0n) is 15.4. The third kappa shape index (κ3) is 5.53. The Morgan fingerprint density at radius 2 is 1.84 bits per heavy atom. The highest BCUT2D eigenvalue weighted by Crippen LogP contribution is 2.20. The van der Waals surface area contributed by atoms with Crippen molar-refractivity contribution in [3.63, 3.8) is 0 Å². The monoisotopic (exact) mass is 345 g/mol. The van der Waals surface area contributed by atoms with Gasteiger partial charge in [-0.15, -0.1) is 0 Å². The fourth-order valence-corrected chi connectivity index (χ4v) is 3.96. The molecule has 0 aromatic heterocycles. The minimum absolute atomic E-state index is 0.128. The summed E-state index contributed by atoms with van der Waals surface area (Å²) in [5.41, 5.74) is 2.28. The number of nitrogens with one attached hydrogen (secondary N) is 1. The summed E-state index contributed by atoms with van der Waals surface area (Å²) in [5.74, 6) is 0.128. The van der Waals surface area contributed by atoms with Crippen LogP contribution in [0.15, 0.2) is 24.3 Å². The number of carbonyl (C=O) groups is 1. The molecule has 25 heavy (non-hydrogen) atoms. The Morgan fingerprint density at radius 3 is 2.56 bits per heavy atom. The molecule has 5 nitrogen and oxygen atoms in total. The molecule has 2 aliphatic rings. The number of benzene rings is 1. The Kier molecular flexibility index (Phi) is 6.84. The van der Waals surface area contributed by atoms with Gasteiger partial charge in [-0.1, -0.05) is 24.3 Å². The predicted molar refractivity (Wildman–Crippen MR) is 99.3 cm³/mol. The van der Waals surface area contributed by atoms with E-state index in [2.05, 4.69) is 39.4 Å². The molecule has 5 heteroatoms. The molecule has 0 radical (unpaired) electrons. The number of hydrogen-bond donors (Lipinski definition) is 1. The van der Waals surface area contributed by atoms with Crippen LogP contribution in [-0.2, 0) is 22.7 Å². The fraction of sp³-hybridized carbons (Fsp3) is 0.650. The summed E-state index contributed by atoms with van der Waals surface area (Å²) in [6.45, 7) is 6.30. The molecule has 2 aliphatic heterocycles. The van der Waals surface area contributed by atoms with E-state index in [1.54, 1.807) is 7.11 Å². The largest absolute Gasteiger partial charge is 0.380 e. The molecule has 0 spiro atoms. The molecular formula is C20H31N3O2. The van der Waals surface area contributed by atoms with Gasteiger partial charge in [0.05, 0.1) is 13.2 Å². The quantitative estimate of drug-likeness (QED) is 0.821. The van der Waals surface area contributed by atoms with Crippen LogP contribution < -0.4 is 5.32 Å². The van der Waals surface area contributed by atoms with Gasteiger partial charge in [0, 0.05) is 26.2 Å². The van der Waals surface area contributed by atoms with E-state index in [-0.39, 0.29) is 5.91 Å². The minimum atomic E-state index is 0.128. The maximum Gasteiger partial charge on any atom is 0.234 e. The van der Waals surface area contributed by atoms with Gasteiger partial charge < -0.3 is 10.1 Å². The van der Waals surface area contributed by atoms with Gasteiger partial charge in [0.15, 0.2) is 0 Å². The molecule has 2 fully saturated rings. The van der Waals surface area contributed by atoms with Crippen molar-refractivity contribution in [2.24, 2.45) is 0 Å². The van der Waals surface area contributed by atoms with Gasteiger partial charge in [0.25, 0.3) is 0 Å². The van der Waals surface area contributed by atoms with Crippen molar-refractivity contribution in [1.29, 1.82) is 0 Å². The van der Waals surface area contributed by atoms with Crippen molar-refractivity contribution in [2.45, 2.75) is 44.9 Å². The van der Waals surface area contributed by atoms with Crippen LogP contribution in [0.4, 0.5) is 0 Å². The van der Waals surface area contributed by atoms with Crippen molar-refractivity contribution in [2.75, 3.05) is 39.8 Å². The lowest BCUT2D eigenvalue weighted by atomic mass is 10.0. The van der Waals surface area contributed by atoms with Gasteiger partial charge in [-0.3, -0.25) is 14.6 Å². The van der Waals surface area contributed by atoms with Crippen molar-refractivity contribution in [3.8, 4) is 0 Å².